The molecule has 4 rings (SSSR count). The molecular weight excluding hydrogens is 360 g/mol. The molecule has 150 valence electrons. The van der Waals surface area contributed by atoms with Crippen molar-refractivity contribution in [2.75, 3.05) is 23.3 Å². The number of aromatic nitrogens is 1. The van der Waals surface area contributed by atoms with Gasteiger partial charge in [0, 0.05) is 68.6 Å². The molecule has 28 heavy (non-hydrogen) atoms. The molecule has 6 heteroatoms. The van der Waals surface area contributed by atoms with Gasteiger partial charge in [0.25, 0.3) is 0 Å². The first-order chi connectivity index (χ1) is 13.3. The maximum absolute atomic E-state index is 13.0. The Hall–Kier alpha value is -2.37. The summed E-state index contributed by atoms with van der Waals surface area (Å²) in [5, 5.41) is 2.95. The van der Waals surface area contributed by atoms with E-state index in [0.717, 1.165) is 48.6 Å². The Labute approximate surface area is 164 Å². The van der Waals surface area contributed by atoms with Crippen LogP contribution in [0, 0.1) is 19.8 Å². The highest BCUT2D eigenvalue weighted by atomic mass is 19.3. The van der Waals surface area contributed by atoms with Gasteiger partial charge in [-0.1, -0.05) is 0 Å². The number of halogens is 2. The second kappa shape index (κ2) is 7.22. The van der Waals surface area contributed by atoms with Crippen molar-refractivity contribution in [1.82, 2.24) is 4.57 Å². The van der Waals surface area contributed by atoms with Gasteiger partial charge < -0.3 is 14.8 Å². The van der Waals surface area contributed by atoms with Crippen LogP contribution in [0.5, 0.6) is 0 Å². The Morgan fingerprint density at radius 1 is 1.18 bits per heavy atom. The van der Waals surface area contributed by atoms with E-state index in [1.807, 2.05) is 13.8 Å². The maximum atomic E-state index is 13.0. The van der Waals surface area contributed by atoms with E-state index in [-0.39, 0.29) is 31.1 Å². The summed E-state index contributed by atoms with van der Waals surface area (Å²) in [4.78, 5) is 14.7. The number of hydrogen-bond acceptors (Lipinski definition) is 2. The first-order valence-corrected chi connectivity index (χ1v) is 9.99. The third kappa shape index (κ3) is 3.91. The molecular formula is C22H27F2N3O. The number of carbonyl (C=O) groups excluding carboxylic acids is 1. The van der Waals surface area contributed by atoms with Crippen molar-refractivity contribution in [3.63, 3.8) is 0 Å². The van der Waals surface area contributed by atoms with Gasteiger partial charge in [-0.25, -0.2) is 8.78 Å². The maximum Gasteiger partial charge on any atom is 0.248 e. The number of fused-ring (bicyclic) bond motifs is 1. The van der Waals surface area contributed by atoms with Crippen LogP contribution in [0.15, 0.2) is 30.5 Å². The van der Waals surface area contributed by atoms with E-state index in [1.165, 1.54) is 5.69 Å². The van der Waals surface area contributed by atoms with Crippen LogP contribution in [0.25, 0.3) is 0 Å². The summed E-state index contributed by atoms with van der Waals surface area (Å²) in [6.45, 7) is 6.85. The van der Waals surface area contributed by atoms with Gasteiger partial charge in [-0.05, 0) is 55.2 Å². The Bertz CT molecular complexity index is 836. The Morgan fingerprint density at radius 3 is 2.57 bits per heavy atom. The average Bonchev–Trinajstić information content (AvgIpc) is 2.95. The number of amides is 1. The minimum Gasteiger partial charge on any atom is -0.369 e. The lowest BCUT2D eigenvalue weighted by Gasteiger charge is -2.34. The number of benzene rings is 1. The van der Waals surface area contributed by atoms with Gasteiger partial charge in [0.1, 0.15) is 0 Å². The SMILES string of the molecule is Cc1cc(N2CCc3cccn3CC2)cc(C)c1NC(=O)CC1CC(F)(F)C1. The minimum atomic E-state index is -2.58. The minimum absolute atomic E-state index is 0.167. The Kier molecular flexibility index (Phi) is 4.89. The second-order valence-corrected chi connectivity index (χ2v) is 8.27. The Balaban J connectivity index is 1.42. The third-order valence-corrected chi connectivity index (χ3v) is 5.97. The molecule has 1 saturated carbocycles. The quantitative estimate of drug-likeness (QED) is 0.836. The van der Waals surface area contributed by atoms with Crippen molar-refractivity contribution in [1.29, 1.82) is 0 Å². The zero-order chi connectivity index (χ0) is 19.9. The Morgan fingerprint density at radius 2 is 1.89 bits per heavy atom. The standard InChI is InChI=1S/C22H27F2N3O/c1-15-10-19(27-7-5-18-4-3-6-26(18)8-9-27)11-16(2)21(15)25-20(28)12-17-13-22(23,24)14-17/h3-4,6,10-11,17H,5,7-9,12-14H2,1-2H3,(H,25,28). The summed E-state index contributed by atoms with van der Waals surface area (Å²) in [5.41, 5.74) is 5.34. The van der Waals surface area contributed by atoms with Gasteiger partial charge in [-0.2, -0.15) is 0 Å². The first kappa shape index (κ1) is 19.0. The molecule has 0 spiro atoms. The average molecular weight is 387 g/mol. The third-order valence-electron chi connectivity index (χ3n) is 5.97. The lowest BCUT2D eigenvalue weighted by atomic mass is 9.79. The van der Waals surface area contributed by atoms with E-state index >= 15 is 0 Å². The molecule has 2 aliphatic rings. The monoisotopic (exact) mass is 387 g/mol. The van der Waals surface area contributed by atoms with Crippen molar-refractivity contribution in [3.05, 3.63) is 47.3 Å². The summed E-state index contributed by atoms with van der Waals surface area (Å²) >= 11 is 0. The molecule has 0 saturated heterocycles. The van der Waals surface area contributed by atoms with Gasteiger partial charge in [0.2, 0.25) is 11.8 Å². The zero-order valence-corrected chi connectivity index (χ0v) is 16.5. The topological polar surface area (TPSA) is 37.3 Å². The normalized spacial score (nSPS) is 18.9. The predicted octanol–water partition coefficient (Wildman–Crippen LogP) is 4.54. The fraction of sp³-hybridized carbons (Fsp3) is 0.500. The molecule has 2 aromatic rings. The number of rotatable bonds is 4. The highest BCUT2D eigenvalue weighted by Gasteiger charge is 2.45. The van der Waals surface area contributed by atoms with E-state index in [0.29, 0.717) is 0 Å². The van der Waals surface area contributed by atoms with Crippen molar-refractivity contribution in [3.8, 4) is 0 Å². The molecule has 1 aliphatic carbocycles. The van der Waals surface area contributed by atoms with Crippen LogP contribution in [0.2, 0.25) is 0 Å². The highest BCUT2D eigenvalue weighted by Crippen LogP contribution is 2.44. The van der Waals surface area contributed by atoms with Crippen molar-refractivity contribution in [2.45, 2.75) is 52.0 Å². The molecule has 1 fully saturated rings. The van der Waals surface area contributed by atoms with Crippen LogP contribution in [-0.2, 0) is 17.8 Å². The molecule has 1 aromatic heterocycles. The molecule has 4 nitrogen and oxygen atoms in total. The molecule has 0 atom stereocenters. The van der Waals surface area contributed by atoms with Crippen LogP contribution < -0.4 is 10.2 Å². The van der Waals surface area contributed by atoms with Crippen LogP contribution in [0.1, 0.15) is 36.1 Å². The number of aryl methyl sites for hydroxylation is 2. The highest BCUT2D eigenvalue weighted by molar-refractivity contribution is 5.93. The number of nitrogens with one attached hydrogen (secondary N) is 1. The molecule has 0 radical (unpaired) electrons. The fourth-order valence-electron chi connectivity index (χ4n) is 4.44. The predicted molar refractivity (Wildman–Crippen MR) is 107 cm³/mol. The van der Waals surface area contributed by atoms with Crippen molar-refractivity contribution in [2.24, 2.45) is 5.92 Å². The largest absolute Gasteiger partial charge is 0.369 e. The summed E-state index contributed by atoms with van der Waals surface area (Å²) in [6, 6.07) is 8.50. The van der Waals surface area contributed by atoms with Gasteiger partial charge in [-0.3, -0.25) is 4.79 Å². The summed E-state index contributed by atoms with van der Waals surface area (Å²) < 4.78 is 28.2. The first-order valence-electron chi connectivity index (χ1n) is 9.99. The summed E-state index contributed by atoms with van der Waals surface area (Å²) in [7, 11) is 0. The number of hydrogen-bond donors (Lipinski definition) is 1. The van der Waals surface area contributed by atoms with E-state index in [9.17, 15) is 13.6 Å². The lowest BCUT2D eigenvalue weighted by molar-refractivity contribution is -0.129. The van der Waals surface area contributed by atoms with E-state index in [2.05, 4.69) is 45.2 Å². The summed E-state index contributed by atoms with van der Waals surface area (Å²) in [5.74, 6) is -2.95. The van der Waals surface area contributed by atoms with Crippen LogP contribution >= 0.6 is 0 Å². The summed E-state index contributed by atoms with van der Waals surface area (Å²) in [6.07, 6.45) is 2.96. The number of nitrogens with zero attached hydrogens (tertiary/aromatic N) is 2. The van der Waals surface area contributed by atoms with Crippen molar-refractivity contribution >= 4 is 17.3 Å². The lowest BCUT2D eigenvalue weighted by Crippen LogP contribution is -2.37. The molecule has 0 bridgehead atoms. The zero-order valence-electron chi connectivity index (χ0n) is 16.5. The van der Waals surface area contributed by atoms with Gasteiger partial charge in [0.05, 0.1) is 0 Å². The van der Waals surface area contributed by atoms with Gasteiger partial charge >= 0.3 is 0 Å². The molecule has 1 amide bonds. The smallest absolute Gasteiger partial charge is 0.248 e. The molecule has 1 aromatic carbocycles. The second-order valence-electron chi connectivity index (χ2n) is 8.27. The fourth-order valence-corrected chi connectivity index (χ4v) is 4.44. The van der Waals surface area contributed by atoms with Crippen LogP contribution in [0.3, 0.4) is 0 Å². The van der Waals surface area contributed by atoms with Crippen LogP contribution in [0.4, 0.5) is 20.2 Å². The molecule has 2 heterocycles. The molecule has 1 N–H and O–H groups in total. The van der Waals surface area contributed by atoms with Gasteiger partial charge in [-0.15, -0.1) is 0 Å². The molecule has 1 aliphatic heterocycles. The molecule has 0 unspecified atom stereocenters. The number of alkyl halides is 2. The number of carbonyl (C=O) groups is 1. The van der Waals surface area contributed by atoms with E-state index in [1.54, 1.807) is 0 Å². The van der Waals surface area contributed by atoms with E-state index < -0.39 is 5.92 Å². The van der Waals surface area contributed by atoms with E-state index in [4.69, 9.17) is 0 Å². The van der Waals surface area contributed by atoms with Crippen molar-refractivity contribution < 1.29 is 13.6 Å². The van der Waals surface area contributed by atoms with Gasteiger partial charge in [0.15, 0.2) is 0 Å². The number of anilines is 2. The van der Waals surface area contributed by atoms with Crippen LogP contribution in [-0.4, -0.2) is 29.5 Å².